The molecule has 0 amide bonds. The summed E-state index contributed by atoms with van der Waals surface area (Å²) in [5, 5.41) is 0. The van der Waals surface area contributed by atoms with E-state index in [0.29, 0.717) is 11.5 Å². The molecule has 0 saturated carbocycles. The van der Waals surface area contributed by atoms with E-state index in [1.54, 1.807) is 18.2 Å². The van der Waals surface area contributed by atoms with Crippen LogP contribution in [0.1, 0.15) is 32.4 Å². The first-order valence-corrected chi connectivity index (χ1v) is 5.66. The van der Waals surface area contributed by atoms with Crippen molar-refractivity contribution in [3.05, 3.63) is 35.6 Å². The van der Waals surface area contributed by atoms with Gasteiger partial charge in [-0.15, -0.1) is 0 Å². The number of hydrogen-bond acceptors (Lipinski definition) is 2. The van der Waals surface area contributed by atoms with E-state index in [2.05, 4.69) is 13.8 Å². The highest BCUT2D eigenvalue weighted by atomic mass is 19.1. The SMILES string of the molecule is CC(C)C(C)OC(CN)c1ccccc1F. The molecule has 0 radical (unpaired) electrons. The highest BCUT2D eigenvalue weighted by Gasteiger charge is 2.18. The minimum absolute atomic E-state index is 0.0631. The molecular weight excluding hydrogens is 205 g/mol. The van der Waals surface area contributed by atoms with Crippen LogP contribution in [0.15, 0.2) is 24.3 Å². The smallest absolute Gasteiger partial charge is 0.129 e. The zero-order chi connectivity index (χ0) is 12.1. The molecule has 1 aromatic carbocycles. The third-order valence-corrected chi connectivity index (χ3v) is 2.78. The number of nitrogens with two attached hydrogens (primary N) is 1. The molecule has 2 N–H and O–H groups in total. The Bertz CT molecular complexity index is 327. The minimum atomic E-state index is -0.362. The summed E-state index contributed by atoms with van der Waals surface area (Å²) in [6, 6.07) is 6.62. The lowest BCUT2D eigenvalue weighted by Gasteiger charge is -2.24. The van der Waals surface area contributed by atoms with Crippen molar-refractivity contribution in [2.45, 2.75) is 33.0 Å². The van der Waals surface area contributed by atoms with Crippen LogP contribution in [0.5, 0.6) is 0 Å². The van der Waals surface area contributed by atoms with Gasteiger partial charge in [0.25, 0.3) is 0 Å². The number of hydrogen-bond donors (Lipinski definition) is 1. The molecule has 0 heterocycles. The van der Waals surface area contributed by atoms with Gasteiger partial charge in [0.2, 0.25) is 0 Å². The molecule has 1 rings (SSSR count). The fourth-order valence-corrected chi connectivity index (χ4v) is 1.41. The van der Waals surface area contributed by atoms with E-state index in [-0.39, 0.29) is 24.6 Å². The first kappa shape index (κ1) is 13.1. The molecule has 16 heavy (non-hydrogen) atoms. The average Bonchev–Trinajstić information content (AvgIpc) is 2.26. The summed E-state index contributed by atoms with van der Waals surface area (Å²) in [6.07, 6.45) is -0.299. The maximum Gasteiger partial charge on any atom is 0.129 e. The molecule has 2 atom stereocenters. The van der Waals surface area contributed by atoms with E-state index in [4.69, 9.17) is 10.5 Å². The van der Waals surface area contributed by atoms with Crippen LogP contribution in [0.2, 0.25) is 0 Å². The highest BCUT2D eigenvalue weighted by molar-refractivity contribution is 5.20. The van der Waals surface area contributed by atoms with Gasteiger partial charge < -0.3 is 10.5 Å². The van der Waals surface area contributed by atoms with Gasteiger partial charge in [-0.25, -0.2) is 4.39 Å². The average molecular weight is 225 g/mol. The van der Waals surface area contributed by atoms with E-state index < -0.39 is 0 Å². The Morgan fingerprint density at radius 3 is 2.38 bits per heavy atom. The zero-order valence-electron chi connectivity index (χ0n) is 10.1. The molecule has 0 aliphatic heterocycles. The molecule has 2 nitrogen and oxygen atoms in total. The zero-order valence-corrected chi connectivity index (χ0v) is 10.1. The van der Waals surface area contributed by atoms with Crippen molar-refractivity contribution >= 4 is 0 Å². The van der Waals surface area contributed by atoms with Crippen LogP contribution in [0, 0.1) is 11.7 Å². The normalized spacial score (nSPS) is 15.1. The number of ether oxygens (including phenoxy) is 1. The van der Waals surface area contributed by atoms with Crippen LogP contribution in [-0.2, 0) is 4.74 Å². The third kappa shape index (κ3) is 3.29. The van der Waals surface area contributed by atoms with Crippen LogP contribution in [0.4, 0.5) is 4.39 Å². The van der Waals surface area contributed by atoms with Gasteiger partial charge in [-0.1, -0.05) is 32.0 Å². The van der Waals surface area contributed by atoms with E-state index in [1.165, 1.54) is 6.07 Å². The summed E-state index contributed by atoms with van der Waals surface area (Å²) in [7, 11) is 0. The second kappa shape index (κ2) is 5.97. The topological polar surface area (TPSA) is 35.2 Å². The molecule has 90 valence electrons. The fourth-order valence-electron chi connectivity index (χ4n) is 1.41. The first-order chi connectivity index (χ1) is 7.56. The van der Waals surface area contributed by atoms with Crippen LogP contribution < -0.4 is 5.73 Å². The predicted molar refractivity (Wildman–Crippen MR) is 63.6 cm³/mol. The molecular formula is C13H20FNO. The summed E-state index contributed by atoms with van der Waals surface area (Å²) in [5.41, 5.74) is 6.17. The van der Waals surface area contributed by atoms with E-state index in [9.17, 15) is 4.39 Å². The monoisotopic (exact) mass is 225 g/mol. The Labute approximate surface area is 96.6 Å². The lowest BCUT2D eigenvalue weighted by molar-refractivity contribution is -0.0235. The van der Waals surface area contributed by atoms with Crippen molar-refractivity contribution < 1.29 is 9.13 Å². The second-order valence-electron chi connectivity index (χ2n) is 4.33. The van der Waals surface area contributed by atoms with Gasteiger partial charge in [0.1, 0.15) is 5.82 Å². The molecule has 1 aromatic rings. The van der Waals surface area contributed by atoms with Crippen molar-refractivity contribution in [3.8, 4) is 0 Å². The van der Waals surface area contributed by atoms with Gasteiger partial charge >= 0.3 is 0 Å². The Kier molecular flexibility index (Phi) is 4.90. The van der Waals surface area contributed by atoms with Gasteiger partial charge in [-0.3, -0.25) is 0 Å². The summed E-state index contributed by atoms with van der Waals surface area (Å²) >= 11 is 0. The number of benzene rings is 1. The van der Waals surface area contributed by atoms with Gasteiger partial charge in [-0.05, 0) is 18.9 Å². The van der Waals surface area contributed by atoms with Gasteiger partial charge in [0.15, 0.2) is 0 Å². The third-order valence-electron chi connectivity index (χ3n) is 2.78. The number of halogens is 1. The fraction of sp³-hybridized carbons (Fsp3) is 0.538. The van der Waals surface area contributed by atoms with E-state index >= 15 is 0 Å². The Balaban J connectivity index is 2.79. The Morgan fingerprint density at radius 1 is 1.25 bits per heavy atom. The van der Waals surface area contributed by atoms with Crippen molar-refractivity contribution in [2.24, 2.45) is 11.7 Å². The maximum atomic E-state index is 13.5. The lowest BCUT2D eigenvalue weighted by atomic mass is 10.1. The molecule has 0 saturated heterocycles. The minimum Gasteiger partial charge on any atom is -0.369 e. The standard InChI is InChI=1S/C13H20FNO/c1-9(2)10(3)16-13(8-15)11-6-4-5-7-12(11)14/h4-7,9-10,13H,8,15H2,1-3H3. The van der Waals surface area contributed by atoms with E-state index in [0.717, 1.165) is 0 Å². The van der Waals surface area contributed by atoms with Gasteiger partial charge in [-0.2, -0.15) is 0 Å². The van der Waals surface area contributed by atoms with Crippen LogP contribution in [0.3, 0.4) is 0 Å². The summed E-state index contributed by atoms with van der Waals surface area (Å²) < 4.78 is 19.3. The lowest BCUT2D eigenvalue weighted by Crippen LogP contribution is -2.24. The Morgan fingerprint density at radius 2 is 1.88 bits per heavy atom. The van der Waals surface area contributed by atoms with Crippen molar-refractivity contribution in [3.63, 3.8) is 0 Å². The highest BCUT2D eigenvalue weighted by Crippen LogP contribution is 2.22. The van der Waals surface area contributed by atoms with Crippen LogP contribution >= 0.6 is 0 Å². The van der Waals surface area contributed by atoms with E-state index in [1.807, 2.05) is 6.92 Å². The number of rotatable bonds is 5. The van der Waals surface area contributed by atoms with Crippen molar-refractivity contribution in [1.82, 2.24) is 0 Å². The largest absolute Gasteiger partial charge is 0.369 e. The van der Waals surface area contributed by atoms with Crippen LogP contribution in [0.25, 0.3) is 0 Å². The van der Waals surface area contributed by atoms with Crippen molar-refractivity contribution in [2.75, 3.05) is 6.54 Å². The molecule has 0 fully saturated rings. The van der Waals surface area contributed by atoms with Crippen LogP contribution in [-0.4, -0.2) is 12.6 Å². The molecule has 3 heteroatoms. The molecule has 0 aromatic heterocycles. The van der Waals surface area contributed by atoms with Crippen molar-refractivity contribution in [1.29, 1.82) is 0 Å². The molecule has 0 aliphatic carbocycles. The molecule has 0 spiro atoms. The molecule has 2 unspecified atom stereocenters. The maximum absolute atomic E-state index is 13.5. The Hall–Kier alpha value is -0.930. The molecule has 0 bridgehead atoms. The molecule has 0 aliphatic rings. The van der Waals surface area contributed by atoms with Gasteiger partial charge in [0, 0.05) is 12.1 Å². The quantitative estimate of drug-likeness (QED) is 0.836. The first-order valence-electron chi connectivity index (χ1n) is 5.66. The summed E-state index contributed by atoms with van der Waals surface area (Å²) in [4.78, 5) is 0. The second-order valence-corrected chi connectivity index (χ2v) is 4.33. The predicted octanol–water partition coefficient (Wildman–Crippen LogP) is 2.89. The summed E-state index contributed by atoms with van der Waals surface area (Å²) in [6.45, 7) is 6.41. The van der Waals surface area contributed by atoms with Gasteiger partial charge in [0.05, 0.1) is 12.2 Å². The summed E-state index contributed by atoms with van der Waals surface area (Å²) in [5.74, 6) is 0.134.